The van der Waals surface area contributed by atoms with Crippen molar-refractivity contribution in [1.29, 1.82) is 0 Å². The number of ether oxygens (including phenoxy) is 3. The van der Waals surface area contributed by atoms with Gasteiger partial charge >= 0.3 is 17.9 Å². The summed E-state index contributed by atoms with van der Waals surface area (Å²) in [5.74, 6) is -0.852. The average Bonchev–Trinajstić information content (AvgIpc) is 3.43. The molecule has 0 heterocycles. The lowest BCUT2D eigenvalue weighted by atomic mass is 10.0. The molecule has 0 aliphatic carbocycles. The smallest absolute Gasteiger partial charge is 0.306 e. The molecule has 0 spiro atoms. The van der Waals surface area contributed by atoms with Crippen molar-refractivity contribution in [2.75, 3.05) is 13.2 Å². The van der Waals surface area contributed by atoms with E-state index in [1.165, 1.54) is 270 Å². The summed E-state index contributed by atoms with van der Waals surface area (Å²) < 4.78 is 17.0. The molecule has 454 valence electrons. The Labute approximate surface area is 481 Å². The molecule has 77 heavy (non-hydrogen) atoms. The maximum absolute atomic E-state index is 12.9. The predicted molar refractivity (Wildman–Crippen MR) is 335 cm³/mol. The fraction of sp³-hybridized carbons (Fsp3) is 0.901. The SMILES string of the molecule is CCC/C=C\C/C=C\CCCCCCCC(=O)OCC(COC(=O)CCCCCCCCCCCCCCCCCCCCCCCCCC)OC(=O)CCCCCCCCCCCCCCCCCCCCCCCC. The largest absolute Gasteiger partial charge is 0.462 e. The molecule has 0 aromatic heterocycles. The Kier molecular flexibility index (Phi) is 64.6. The Morgan fingerprint density at radius 2 is 0.494 bits per heavy atom. The highest BCUT2D eigenvalue weighted by Crippen LogP contribution is 2.19. The molecule has 1 unspecified atom stereocenters. The molecule has 0 aromatic carbocycles. The second-order valence-electron chi connectivity index (χ2n) is 23.8. The van der Waals surface area contributed by atoms with Crippen LogP contribution in [-0.2, 0) is 28.6 Å². The summed E-state index contributed by atoms with van der Waals surface area (Å²) in [6, 6.07) is 0. The highest BCUT2D eigenvalue weighted by Gasteiger charge is 2.19. The van der Waals surface area contributed by atoms with Crippen LogP contribution in [0.3, 0.4) is 0 Å². The maximum atomic E-state index is 12.9. The molecule has 1 atom stereocenters. The molecule has 0 fully saturated rings. The van der Waals surface area contributed by atoms with Gasteiger partial charge in [-0.2, -0.15) is 0 Å². The van der Waals surface area contributed by atoms with Crippen LogP contribution in [0.1, 0.15) is 393 Å². The first-order valence-electron chi connectivity index (χ1n) is 34.8. The van der Waals surface area contributed by atoms with E-state index in [9.17, 15) is 14.4 Å². The first kappa shape index (κ1) is 74.9. The Hall–Kier alpha value is -2.11. The molecule has 0 bridgehead atoms. The molecule has 0 saturated heterocycles. The van der Waals surface area contributed by atoms with Crippen molar-refractivity contribution >= 4 is 17.9 Å². The van der Waals surface area contributed by atoms with Crippen LogP contribution >= 0.6 is 0 Å². The van der Waals surface area contributed by atoms with Crippen LogP contribution in [0.25, 0.3) is 0 Å². The lowest BCUT2D eigenvalue weighted by molar-refractivity contribution is -0.167. The Bertz CT molecular complexity index is 1240. The molecule has 0 aliphatic heterocycles. The lowest BCUT2D eigenvalue weighted by Gasteiger charge is -2.18. The normalized spacial score (nSPS) is 12.1. The molecule has 0 amide bonds. The van der Waals surface area contributed by atoms with Gasteiger partial charge < -0.3 is 14.2 Å². The second-order valence-corrected chi connectivity index (χ2v) is 23.8. The van der Waals surface area contributed by atoms with Crippen LogP contribution in [0.4, 0.5) is 0 Å². The van der Waals surface area contributed by atoms with Gasteiger partial charge in [0.2, 0.25) is 0 Å². The van der Waals surface area contributed by atoms with Crippen LogP contribution in [0, 0.1) is 0 Å². The molecule has 0 N–H and O–H groups in total. The summed E-state index contributed by atoms with van der Waals surface area (Å²) >= 11 is 0. The molecule has 0 aromatic rings. The first-order valence-corrected chi connectivity index (χ1v) is 34.8. The van der Waals surface area contributed by atoms with Gasteiger partial charge in [-0.3, -0.25) is 14.4 Å². The molecule has 6 nitrogen and oxygen atoms in total. The number of unbranched alkanes of at least 4 members (excludes halogenated alkanes) is 50. The van der Waals surface area contributed by atoms with E-state index in [1.807, 2.05) is 0 Å². The van der Waals surface area contributed by atoms with Gasteiger partial charge in [0.25, 0.3) is 0 Å². The zero-order chi connectivity index (χ0) is 55.7. The Morgan fingerprint density at radius 1 is 0.260 bits per heavy atom. The fourth-order valence-corrected chi connectivity index (χ4v) is 10.7. The van der Waals surface area contributed by atoms with E-state index < -0.39 is 6.10 Å². The third-order valence-corrected chi connectivity index (χ3v) is 15.9. The van der Waals surface area contributed by atoms with Gasteiger partial charge in [0.15, 0.2) is 6.10 Å². The highest BCUT2D eigenvalue weighted by atomic mass is 16.6. The number of allylic oxidation sites excluding steroid dienone is 4. The van der Waals surface area contributed by atoms with Crippen LogP contribution in [-0.4, -0.2) is 37.2 Å². The van der Waals surface area contributed by atoms with Crippen molar-refractivity contribution in [2.45, 2.75) is 399 Å². The minimum Gasteiger partial charge on any atom is -0.462 e. The van der Waals surface area contributed by atoms with Crippen LogP contribution in [0.2, 0.25) is 0 Å². The number of esters is 3. The molecule has 6 heteroatoms. The van der Waals surface area contributed by atoms with Crippen molar-refractivity contribution in [1.82, 2.24) is 0 Å². The molecular weight excluding hydrogens is 949 g/mol. The van der Waals surface area contributed by atoms with E-state index in [2.05, 4.69) is 45.1 Å². The average molecular weight is 1080 g/mol. The molecule has 0 rings (SSSR count). The highest BCUT2D eigenvalue weighted by molar-refractivity contribution is 5.71. The monoisotopic (exact) mass is 1080 g/mol. The summed E-state index contributed by atoms with van der Waals surface area (Å²) in [6.07, 6.45) is 80.7. The van der Waals surface area contributed by atoms with Crippen LogP contribution in [0.15, 0.2) is 24.3 Å². The van der Waals surface area contributed by atoms with E-state index in [0.717, 1.165) is 83.5 Å². The number of hydrogen-bond donors (Lipinski definition) is 0. The lowest BCUT2D eigenvalue weighted by Crippen LogP contribution is -2.30. The molecule has 0 radical (unpaired) electrons. The molecule has 0 aliphatic rings. The third-order valence-electron chi connectivity index (χ3n) is 15.9. The van der Waals surface area contributed by atoms with Crippen molar-refractivity contribution in [3.63, 3.8) is 0 Å². The maximum Gasteiger partial charge on any atom is 0.306 e. The summed E-state index contributed by atoms with van der Waals surface area (Å²) in [6.45, 7) is 6.65. The topological polar surface area (TPSA) is 78.9 Å². The Balaban J connectivity index is 4.22. The van der Waals surface area contributed by atoms with Gasteiger partial charge in [-0.05, 0) is 44.9 Å². The van der Waals surface area contributed by atoms with Crippen molar-refractivity contribution < 1.29 is 28.6 Å². The van der Waals surface area contributed by atoms with Crippen molar-refractivity contribution in [3.8, 4) is 0 Å². The zero-order valence-electron chi connectivity index (χ0n) is 52.3. The van der Waals surface area contributed by atoms with Crippen molar-refractivity contribution in [3.05, 3.63) is 24.3 Å². The van der Waals surface area contributed by atoms with Gasteiger partial charge in [0.05, 0.1) is 0 Å². The summed E-state index contributed by atoms with van der Waals surface area (Å²) in [5, 5.41) is 0. The number of hydrogen-bond acceptors (Lipinski definition) is 6. The fourth-order valence-electron chi connectivity index (χ4n) is 10.7. The minimum atomic E-state index is -0.774. The summed E-state index contributed by atoms with van der Waals surface area (Å²) in [7, 11) is 0. The van der Waals surface area contributed by atoms with E-state index in [1.54, 1.807) is 0 Å². The van der Waals surface area contributed by atoms with E-state index >= 15 is 0 Å². The standard InChI is InChI=1S/C71H134O6/c1-4-7-10-13-16-19-22-25-27-29-31-33-35-36-38-39-41-43-46-49-52-55-58-61-64-70(73)76-67-68(66-75-69(72)63-60-57-54-51-48-45-24-21-18-15-12-9-6-3)77-71(74)65-62-59-56-53-50-47-44-42-40-37-34-32-30-28-26-23-20-17-14-11-8-5-2/h12,15,21,24,68H,4-11,13-14,16-20,22-23,25-67H2,1-3H3/b15-12-,24-21-. The predicted octanol–water partition coefficient (Wildman–Crippen LogP) is 23.8. The van der Waals surface area contributed by atoms with Crippen LogP contribution in [0.5, 0.6) is 0 Å². The number of rotatable bonds is 65. The van der Waals surface area contributed by atoms with E-state index in [-0.39, 0.29) is 31.1 Å². The first-order chi connectivity index (χ1) is 38.0. The van der Waals surface area contributed by atoms with Gasteiger partial charge in [0, 0.05) is 19.3 Å². The van der Waals surface area contributed by atoms with Gasteiger partial charge in [-0.1, -0.05) is 353 Å². The molecular formula is C71H134O6. The Morgan fingerprint density at radius 3 is 0.766 bits per heavy atom. The number of carbonyl (C=O) groups is 3. The van der Waals surface area contributed by atoms with E-state index in [0.29, 0.717) is 19.3 Å². The molecule has 0 saturated carbocycles. The second kappa shape index (κ2) is 66.4. The quantitative estimate of drug-likeness (QED) is 0.0261. The van der Waals surface area contributed by atoms with Crippen LogP contribution < -0.4 is 0 Å². The van der Waals surface area contributed by atoms with Gasteiger partial charge in [-0.25, -0.2) is 0 Å². The third kappa shape index (κ3) is 64.6. The van der Waals surface area contributed by atoms with E-state index in [4.69, 9.17) is 14.2 Å². The summed E-state index contributed by atoms with van der Waals surface area (Å²) in [5.41, 5.74) is 0. The van der Waals surface area contributed by atoms with Crippen molar-refractivity contribution in [2.24, 2.45) is 0 Å². The zero-order valence-corrected chi connectivity index (χ0v) is 52.3. The number of carbonyl (C=O) groups excluding carboxylic acids is 3. The minimum absolute atomic E-state index is 0.0694. The van der Waals surface area contributed by atoms with Gasteiger partial charge in [-0.15, -0.1) is 0 Å². The summed E-state index contributed by atoms with van der Waals surface area (Å²) in [4.78, 5) is 38.4. The van der Waals surface area contributed by atoms with Gasteiger partial charge in [0.1, 0.15) is 13.2 Å².